The first-order valence-electron chi connectivity index (χ1n) is 7.48. The molecule has 0 aliphatic carbocycles. The molecule has 2 aromatic rings. The van der Waals surface area contributed by atoms with Crippen LogP contribution in [0.5, 0.6) is 0 Å². The van der Waals surface area contributed by atoms with Gasteiger partial charge in [-0.2, -0.15) is 4.31 Å². The number of nitrogens with one attached hydrogen (secondary N) is 1. The van der Waals surface area contributed by atoms with Gasteiger partial charge in [-0.1, -0.05) is 12.1 Å². The molecule has 0 unspecified atom stereocenters. The summed E-state index contributed by atoms with van der Waals surface area (Å²) in [4.78, 5) is 0.379. The fourth-order valence-corrected chi connectivity index (χ4v) is 4.12. The van der Waals surface area contributed by atoms with E-state index in [1.165, 1.54) is 0 Å². The van der Waals surface area contributed by atoms with E-state index < -0.39 is 10.0 Å². The largest absolute Gasteiger partial charge is 0.468 e. The van der Waals surface area contributed by atoms with E-state index in [4.69, 9.17) is 4.42 Å². The lowest BCUT2D eigenvalue weighted by Crippen LogP contribution is -2.27. The van der Waals surface area contributed by atoms with Crippen LogP contribution in [0.2, 0.25) is 0 Å². The molecule has 2 heterocycles. The molecule has 0 amide bonds. The van der Waals surface area contributed by atoms with Crippen molar-refractivity contribution in [2.24, 2.45) is 0 Å². The number of benzene rings is 1. The summed E-state index contributed by atoms with van der Waals surface area (Å²) in [5.41, 5.74) is 1.05. The Hall–Kier alpha value is -1.63. The van der Waals surface area contributed by atoms with E-state index in [1.54, 1.807) is 22.7 Å². The molecule has 1 aromatic carbocycles. The third-order valence-electron chi connectivity index (χ3n) is 3.83. The maximum Gasteiger partial charge on any atom is 0.243 e. The molecule has 0 saturated carbocycles. The van der Waals surface area contributed by atoms with E-state index in [2.05, 4.69) is 5.32 Å². The summed E-state index contributed by atoms with van der Waals surface area (Å²) in [5.74, 6) is 0.883. The number of nitrogens with zero attached hydrogens (tertiary/aromatic N) is 1. The molecule has 1 fully saturated rings. The zero-order valence-electron chi connectivity index (χ0n) is 12.4. The Bertz CT molecular complexity index is 688. The summed E-state index contributed by atoms with van der Waals surface area (Å²) in [6.45, 7) is 2.59. The standard InChI is InChI=1S/C16H20N2O3S/c19-22(20,18-9-1-2-10-18)16-7-5-14(6-8-16)12-17-13-15-4-3-11-21-15/h3-8,11,17H,1-2,9-10,12-13H2. The highest BCUT2D eigenvalue weighted by atomic mass is 32.2. The zero-order chi connectivity index (χ0) is 15.4. The second kappa shape index (κ2) is 6.64. The van der Waals surface area contributed by atoms with Crippen LogP contribution in [0.25, 0.3) is 0 Å². The van der Waals surface area contributed by atoms with Crippen molar-refractivity contribution < 1.29 is 12.8 Å². The molecule has 6 heteroatoms. The third-order valence-corrected chi connectivity index (χ3v) is 5.75. The second-order valence-corrected chi connectivity index (χ2v) is 7.38. The van der Waals surface area contributed by atoms with Crippen LogP contribution in [0.4, 0.5) is 0 Å². The van der Waals surface area contributed by atoms with Gasteiger partial charge in [-0.15, -0.1) is 0 Å². The fraction of sp³-hybridized carbons (Fsp3) is 0.375. The first-order chi connectivity index (χ1) is 10.7. The van der Waals surface area contributed by atoms with Gasteiger partial charge in [0.25, 0.3) is 0 Å². The monoisotopic (exact) mass is 320 g/mol. The van der Waals surface area contributed by atoms with Gasteiger partial charge in [-0.3, -0.25) is 0 Å². The maximum atomic E-state index is 12.4. The molecule has 5 nitrogen and oxygen atoms in total. The van der Waals surface area contributed by atoms with Crippen molar-refractivity contribution in [2.75, 3.05) is 13.1 Å². The lowest BCUT2D eigenvalue weighted by molar-refractivity contribution is 0.477. The summed E-state index contributed by atoms with van der Waals surface area (Å²) in [7, 11) is -3.31. The quantitative estimate of drug-likeness (QED) is 0.887. The Morgan fingerprint density at radius 2 is 1.77 bits per heavy atom. The fourth-order valence-electron chi connectivity index (χ4n) is 2.60. The minimum absolute atomic E-state index is 0.379. The van der Waals surface area contributed by atoms with Gasteiger partial charge in [0.2, 0.25) is 10.0 Å². The van der Waals surface area contributed by atoms with Gasteiger partial charge < -0.3 is 9.73 Å². The number of furan rings is 1. The van der Waals surface area contributed by atoms with Crippen molar-refractivity contribution in [3.05, 3.63) is 54.0 Å². The first-order valence-corrected chi connectivity index (χ1v) is 8.92. The Morgan fingerprint density at radius 1 is 1.05 bits per heavy atom. The van der Waals surface area contributed by atoms with Crippen molar-refractivity contribution >= 4 is 10.0 Å². The van der Waals surface area contributed by atoms with Gasteiger partial charge in [0.15, 0.2) is 0 Å². The summed E-state index contributed by atoms with van der Waals surface area (Å²) in [6.07, 6.45) is 3.55. The number of hydrogen-bond acceptors (Lipinski definition) is 4. The van der Waals surface area contributed by atoms with Crippen LogP contribution in [0, 0.1) is 0 Å². The van der Waals surface area contributed by atoms with E-state index in [0.29, 0.717) is 31.1 Å². The molecule has 0 bridgehead atoms. The topological polar surface area (TPSA) is 62.6 Å². The molecule has 22 heavy (non-hydrogen) atoms. The van der Waals surface area contributed by atoms with Gasteiger partial charge in [0, 0.05) is 19.6 Å². The summed E-state index contributed by atoms with van der Waals surface area (Å²) in [6, 6.07) is 10.9. The molecule has 1 aliphatic rings. The number of sulfonamides is 1. The van der Waals surface area contributed by atoms with Crippen molar-refractivity contribution in [3.63, 3.8) is 0 Å². The number of hydrogen-bond donors (Lipinski definition) is 1. The van der Waals surface area contributed by atoms with Crippen LogP contribution < -0.4 is 5.32 Å². The molecular weight excluding hydrogens is 300 g/mol. The van der Waals surface area contributed by atoms with Crippen LogP contribution in [-0.2, 0) is 23.1 Å². The van der Waals surface area contributed by atoms with Crippen molar-refractivity contribution in [2.45, 2.75) is 30.8 Å². The molecular formula is C16H20N2O3S. The highest BCUT2D eigenvalue weighted by Gasteiger charge is 2.26. The lowest BCUT2D eigenvalue weighted by atomic mass is 10.2. The smallest absolute Gasteiger partial charge is 0.243 e. The van der Waals surface area contributed by atoms with Crippen LogP contribution in [0.15, 0.2) is 52.0 Å². The Kier molecular flexibility index (Phi) is 4.61. The Balaban J connectivity index is 1.60. The third kappa shape index (κ3) is 3.40. The molecule has 0 atom stereocenters. The van der Waals surface area contributed by atoms with Crippen molar-refractivity contribution in [1.82, 2.24) is 9.62 Å². The highest BCUT2D eigenvalue weighted by molar-refractivity contribution is 7.89. The van der Waals surface area contributed by atoms with E-state index in [1.807, 2.05) is 24.3 Å². The predicted octanol–water partition coefficient (Wildman–Crippen LogP) is 2.35. The van der Waals surface area contributed by atoms with Crippen LogP contribution in [0.3, 0.4) is 0 Å². The summed E-state index contributed by atoms with van der Waals surface area (Å²) < 4.78 is 31.6. The first kappa shape index (κ1) is 15.3. The Labute approximate surface area is 131 Å². The Morgan fingerprint density at radius 3 is 2.41 bits per heavy atom. The predicted molar refractivity (Wildman–Crippen MR) is 83.7 cm³/mol. The van der Waals surface area contributed by atoms with Crippen LogP contribution in [-0.4, -0.2) is 25.8 Å². The molecule has 1 saturated heterocycles. The van der Waals surface area contributed by atoms with Gasteiger partial charge in [0.1, 0.15) is 5.76 Å². The van der Waals surface area contributed by atoms with Crippen LogP contribution in [0.1, 0.15) is 24.2 Å². The van der Waals surface area contributed by atoms with E-state index in [-0.39, 0.29) is 0 Å². The molecule has 3 rings (SSSR count). The van der Waals surface area contributed by atoms with Crippen molar-refractivity contribution in [1.29, 1.82) is 0 Å². The van der Waals surface area contributed by atoms with E-state index in [0.717, 1.165) is 24.2 Å². The second-order valence-electron chi connectivity index (χ2n) is 5.44. The van der Waals surface area contributed by atoms with Gasteiger partial charge in [-0.05, 0) is 42.7 Å². The average Bonchev–Trinajstić information content (AvgIpc) is 3.21. The van der Waals surface area contributed by atoms with Gasteiger partial charge in [0.05, 0.1) is 17.7 Å². The average molecular weight is 320 g/mol. The summed E-state index contributed by atoms with van der Waals surface area (Å²) >= 11 is 0. The molecule has 0 radical (unpaired) electrons. The zero-order valence-corrected chi connectivity index (χ0v) is 13.2. The lowest BCUT2D eigenvalue weighted by Gasteiger charge is -2.15. The minimum atomic E-state index is -3.31. The van der Waals surface area contributed by atoms with E-state index in [9.17, 15) is 8.42 Å². The highest BCUT2D eigenvalue weighted by Crippen LogP contribution is 2.21. The molecule has 118 valence electrons. The molecule has 0 spiro atoms. The van der Waals surface area contributed by atoms with Crippen molar-refractivity contribution in [3.8, 4) is 0 Å². The summed E-state index contributed by atoms with van der Waals surface area (Å²) in [5, 5.41) is 3.26. The SMILES string of the molecule is O=S(=O)(c1ccc(CNCc2ccco2)cc1)N1CCCC1. The maximum absolute atomic E-state index is 12.4. The molecule has 1 aliphatic heterocycles. The van der Waals surface area contributed by atoms with Gasteiger partial charge in [-0.25, -0.2) is 8.42 Å². The minimum Gasteiger partial charge on any atom is -0.468 e. The van der Waals surface area contributed by atoms with E-state index >= 15 is 0 Å². The molecule has 1 N–H and O–H groups in total. The number of rotatable bonds is 6. The molecule has 1 aromatic heterocycles. The van der Waals surface area contributed by atoms with Crippen LogP contribution >= 0.6 is 0 Å². The van der Waals surface area contributed by atoms with Gasteiger partial charge >= 0.3 is 0 Å². The normalized spacial score (nSPS) is 16.2.